The van der Waals surface area contributed by atoms with Crippen LogP contribution < -0.4 is 20.1 Å². The fourth-order valence-corrected chi connectivity index (χ4v) is 4.99. The number of benzene rings is 2. The Kier molecular flexibility index (Phi) is 8.04. The molecule has 1 aliphatic heterocycles. The van der Waals surface area contributed by atoms with Crippen LogP contribution in [0.5, 0.6) is 5.75 Å². The van der Waals surface area contributed by atoms with Crippen molar-refractivity contribution in [2.45, 2.75) is 37.5 Å². The zero-order valence-electron chi connectivity index (χ0n) is 20.2. The van der Waals surface area contributed by atoms with Crippen molar-refractivity contribution in [1.82, 2.24) is 14.9 Å². The van der Waals surface area contributed by atoms with Gasteiger partial charge in [-0.1, -0.05) is 43.3 Å². The van der Waals surface area contributed by atoms with Crippen LogP contribution in [0.4, 0.5) is 6.01 Å². The SMILES string of the molecule is CC(C)c1noc(N2CCC(COc3ccc(-c4ccc(S(=O)(=O)NCCN)cc4)cc3)CC2)n1. The Bertz CT molecular complexity index is 1190. The summed E-state index contributed by atoms with van der Waals surface area (Å²) in [7, 11) is -3.53. The first kappa shape index (κ1) is 25.2. The summed E-state index contributed by atoms with van der Waals surface area (Å²) in [6.07, 6.45) is 2.01. The molecular weight excluding hydrogens is 466 g/mol. The zero-order valence-corrected chi connectivity index (χ0v) is 21.0. The smallest absolute Gasteiger partial charge is 0.324 e. The molecule has 2 heterocycles. The molecule has 35 heavy (non-hydrogen) atoms. The predicted octanol–water partition coefficient (Wildman–Crippen LogP) is 3.39. The average molecular weight is 500 g/mol. The summed E-state index contributed by atoms with van der Waals surface area (Å²) in [6, 6.07) is 15.3. The molecule has 9 nitrogen and oxygen atoms in total. The van der Waals surface area contributed by atoms with E-state index in [0.717, 1.165) is 48.6 Å². The Morgan fingerprint density at radius 3 is 2.29 bits per heavy atom. The summed E-state index contributed by atoms with van der Waals surface area (Å²) >= 11 is 0. The summed E-state index contributed by atoms with van der Waals surface area (Å²) in [5, 5.41) is 4.05. The molecule has 0 atom stereocenters. The molecule has 1 fully saturated rings. The molecule has 10 heteroatoms. The molecule has 2 aromatic carbocycles. The van der Waals surface area contributed by atoms with Gasteiger partial charge in [0.05, 0.1) is 11.5 Å². The molecular formula is C25H33N5O4S. The van der Waals surface area contributed by atoms with Gasteiger partial charge in [0.15, 0.2) is 5.82 Å². The minimum absolute atomic E-state index is 0.211. The summed E-state index contributed by atoms with van der Waals surface area (Å²) in [6.45, 7) is 6.98. The molecule has 3 N–H and O–H groups in total. The van der Waals surface area contributed by atoms with E-state index in [2.05, 4.69) is 33.6 Å². The number of nitrogens with zero attached hydrogens (tertiary/aromatic N) is 3. The highest BCUT2D eigenvalue weighted by molar-refractivity contribution is 7.89. The van der Waals surface area contributed by atoms with Crippen LogP contribution in [0.3, 0.4) is 0 Å². The number of sulfonamides is 1. The second-order valence-corrected chi connectivity index (χ2v) is 10.8. The number of nitrogens with two attached hydrogens (primary N) is 1. The van der Waals surface area contributed by atoms with Crippen molar-refractivity contribution < 1.29 is 17.7 Å². The van der Waals surface area contributed by atoms with Gasteiger partial charge in [0.1, 0.15) is 5.75 Å². The monoisotopic (exact) mass is 499 g/mol. The van der Waals surface area contributed by atoms with Crippen molar-refractivity contribution in [2.75, 3.05) is 37.7 Å². The summed E-state index contributed by atoms with van der Waals surface area (Å²) in [5.74, 6) is 2.29. The van der Waals surface area contributed by atoms with Crippen LogP contribution in [0.15, 0.2) is 57.9 Å². The van der Waals surface area contributed by atoms with Gasteiger partial charge >= 0.3 is 6.01 Å². The summed E-state index contributed by atoms with van der Waals surface area (Å²) in [4.78, 5) is 6.86. The summed E-state index contributed by atoms with van der Waals surface area (Å²) in [5.41, 5.74) is 7.30. The zero-order chi connectivity index (χ0) is 24.8. The van der Waals surface area contributed by atoms with Gasteiger partial charge in [0, 0.05) is 32.1 Å². The number of piperidine rings is 1. The van der Waals surface area contributed by atoms with Gasteiger partial charge in [0.2, 0.25) is 10.0 Å². The van der Waals surface area contributed by atoms with E-state index in [-0.39, 0.29) is 23.9 Å². The largest absolute Gasteiger partial charge is 0.493 e. The molecule has 0 amide bonds. The Hall–Kier alpha value is -2.95. The standard InChI is InChI=1S/C25H33N5O4S/c1-18(2)24-28-25(34-29-24)30-15-11-19(12-16-30)17-33-22-7-3-20(4-8-22)21-5-9-23(10-6-21)35(31,32)27-14-13-26/h3-10,18-19,27H,11-17,26H2,1-2H3. The molecule has 188 valence electrons. The molecule has 1 saturated heterocycles. The van der Waals surface area contributed by atoms with Crippen LogP contribution in [0, 0.1) is 5.92 Å². The van der Waals surface area contributed by atoms with Crippen LogP contribution in [0.2, 0.25) is 0 Å². The van der Waals surface area contributed by atoms with Crippen LogP contribution in [-0.2, 0) is 10.0 Å². The van der Waals surface area contributed by atoms with Crippen LogP contribution in [0.25, 0.3) is 11.1 Å². The lowest BCUT2D eigenvalue weighted by Gasteiger charge is -2.30. The van der Waals surface area contributed by atoms with Crippen LogP contribution in [-0.4, -0.2) is 51.3 Å². The van der Waals surface area contributed by atoms with Crippen LogP contribution >= 0.6 is 0 Å². The van der Waals surface area contributed by atoms with Gasteiger partial charge < -0.3 is 19.9 Å². The second-order valence-electron chi connectivity index (χ2n) is 9.07. The third-order valence-corrected chi connectivity index (χ3v) is 7.58. The van der Waals surface area contributed by atoms with E-state index < -0.39 is 10.0 Å². The van der Waals surface area contributed by atoms with E-state index in [1.54, 1.807) is 24.3 Å². The molecule has 4 rings (SSSR count). The number of nitrogens with one attached hydrogen (secondary N) is 1. The fraction of sp³-hybridized carbons (Fsp3) is 0.440. The second kappa shape index (κ2) is 11.2. The van der Waals surface area contributed by atoms with E-state index in [4.69, 9.17) is 15.0 Å². The highest BCUT2D eigenvalue weighted by Crippen LogP contribution is 2.26. The fourth-order valence-electron chi connectivity index (χ4n) is 3.94. The maximum absolute atomic E-state index is 12.2. The van der Waals surface area contributed by atoms with Gasteiger partial charge in [-0.3, -0.25) is 0 Å². The first-order valence-corrected chi connectivity index (χ1v) is 13.5. The molecule has 0 spiro atoms. The quantitative estimate of drug-likeness (QED) is 0.435. The Labute approximate surface area is 206 Å². The highest BCUT2D eigenvalue weighted by atomic mass is 32.2. The van der Waals surface area contributed by atoms with Crippen molar-refractivity contribution >= 4 is 16.0 Å². The Morgan fingerprint density at radius 1 is 1.09 bits per heavy atom. The first-order valence-electron chi connectivity index (χ1n) is 12.0. The van der Waals surface area contributed by atoms with Gasteiger partial charge in [-0.2, -0.15) is 4.98 Å². The third-order valence-electron chi connectivity index (χ3n) is 6.11. The van der Waals surface area contributed by atoms with Crippen molar-refractivity contribution in [3.63, 3.8) is 0 Å². The average Bonchev–Trinajstić information content (AvgIpc) is 3.38. The lowest BCUT2D eigenvalue weighted by atomic mass is 9.98. The highest BCUT2D eigenvalue weighted by Gasteiger charge is 2.24. The Balaban J connectivity index is 1.27. The number of ether oxygens (including phenoxy) is 1. The molecule has 0 saturated carbocycles. The number of hydrogen-bond acceptors (Lipinski definition) is 8. The van der Waals surface area contributed by atoms with Crippen molar-refractivity contribution in [1.29, 1.82) is 0 Å². The lowest BCUT2D eigenvalue weighted by molar-refractivity contribution is 0.220. The third kappa shape index (κ3) is 6.39. The normalized spacial score (nSPS) is 15.0. The van der Waals surface area contributed by atoms with E-state index in [1.807, 2.05) is 24.3 Å². The predicted molar refractivity (Wildman–Crippen MR) is 135 cm³/mol. The van der Waals surface area contributed by atoms with Crippen molar-refractivity contribution in [3.8, 4) is 16.9 Å². The van der Waals surface area contributed by atoms with Gasteiger partial charge in [-0.05, 0) is 54.2 Å². The minimum Gasteiger partial charge on any atom is -0.493 e. The molecule has 0 aliphatic carbocycles. The van der Waals surface area contributed by atoms with Crippen molar-refractivity contribution in [3.05, 3.63) is 54.4 Å². The minimum atomic E-state index is -3.53. The van der Waals surface area contributed by atoms with Gasteiger partial charge in [-0.25, -0.2) is 13.1 Å². The van der Waals surface area contributed by atoms with E-state index >= 15 is 0 Å². The van der Waals surface area contributed by atoms with Crippen LogP contribution in [0.1, 0.15) is 38.4 Å². The molecule has 1 aliphatic rings. The lowest BCUT2D eigenvalue weighted by Crippen LogP contribution is -2.35. The van der Waals surface area contributed by atoms with E-state index in [1.165, 1.54) is 0 Å². The van der Waals surface area contributed by atoms with Gasteiger partial charge in [-0.15, -0.1) is 0 Å². The first-order chi connectivity index (χ1) is 16.9. The van der Waals surface area contributed by atoms with E-state index in [0.29, 0.717) is 18.5 Å². The summed E-state index contributed by atoms with van der Waals surface area (Å²) < 4.78 is 38.3. The number of hydrogen-bond donors (Lipinski definition) is 2. The maximum atomic E-state index is 12.2. The molecule has 0 bridgehead atoms. The number of anilines is 1. The molecule has 0 unspecified atom stereocenters. The van der Waals surface area contributed by atoms with E-state index in [9.17, 15) is 8.42 Å². The molecule has 1 aromatic heterocycles. The number of rotatable bonds is 10. The van der Waals surface area contributed by atoms with Crippen molar-refractivity contribution in [2.24, 2.45) is 11.7 Å². The topological polar surface area (TPSA) is 124 Å². The molecule has 0 radical (unpaired) electrons. The Morgan fingerprint density at radius 2 is 1.71 bits per heavy atom. The number of aromatic nitrogens is 2. The maximum Gasteiger partial charge on any atom is 0.324 e. The molecule has 3 aromatic rings. The van der Waals surface area contributed by atoms with Gasteiger partial charge in [0.25, 0.3) is 0 Å².